The molecule has 2 atom stereocenters. The summed E-state index contributed by atoms with van der Waals surface area (Å²) in [4.78, 5) is 31.7. The average Bonchev–Trinajstić information content (AvgIpc) is 3.01. The average molecular weight is 401 g/mol. The van der Waals surface area contributed by atoms with Crippen molar-refractivity contribution in [2.75, 3.05) is 13.7 Å². The molecule has 0 aromatic heterocycles. The number of fused-ring (bicyclic) bond motifs is 1. The Labute approximate surface area is 169 Å². The molecule has 1 saturated heterocycles. The van der Waals surface area contributed by atoms with E-state index in [1.807, 2.05) is 43.3 Å². The number of para-hydroxylation sites is 1. The monoisotopic (exact) mass is 400 g/mol. The molecule has 2 unspecified atom stereocenters. The van der Waals surface area contributed by atoms with Crippen molar-refractivity contribution in [3.63, 3.8) is 0 Å². The lowest BCUT2D eigenvalue weighted by Gasteiger charge is -2.30. The van der Waals surface area contributed by atoms with E-state index in [-0.39, 0.29) is 17.8 Å². The smallest absolute Gasteiger partial charge is 0.338 e. The molecule has 0 spiro atoms. The van der Waals surface area contributed by atoms with E-state index in [9.17, 15) is 9.59 Å². The third-order valence-corrected chi connectivity index (χ3v) is 5.98. The minimum atomic E-state index is -0.562. The normalized spacial score (nSPS) is 21.8. The van der Waals surface area contributed by atoms with Crippen LogP contribution in [0, 0.1) is 0 Å². The molecular weight excluding hydrogens is 376 g/mol. The number of carbonyl (C=O) groups excluding carboxylic acids is 2. The summed E-state index contributed by atoms with van der Waals surface area (Å²) >= 11 is 1.45. The van der Waals surface area contributed by atoms with Crippen molar-refractivity contribution in [2.24, 2.45) is 4.99 Å². The van der Waals surface area contributed by atoms with Crippen molar-refractivity contribution < 1.29 is 19.1 Å². The van der Waals surface area contributed by atoms with E-state index < -0.39 is 12.0 Å². The molecule has 0 saturated carbocycles. The Morgan fingerprint density at radius 2 is 2.07 bits per heavy atom. The Morgan fingerprint density at radius 1 is 1.32 bits per heavy atom. The molecule has 6 nitrogen and oxygen atoms in total. The summed E-state index contributed by atoms with van der Waals surface area (Å²) in [6.45, 7) is 5.77. The lowest BCUT2D eigenvalue weighted by Crippen LogP contribution is -2.45. The van der Waals surface area contributed by atoms with Gasteiger partial charge in [0.25, 0.3) is 0 Å². The number of carbonyl (C=O) groups is 2. The number of allylic oxidation sites excluding steroid dienone is 1. The van der Waals surface area contributed by atoms with Gasteiger partial charge in [0.1, 0.15) is 5.75 Å². The van der Waals surface area contributed by atoms with Crippen LogP contribution in [0.2, 0.25) is 0 Å². The number of benzene rings is 1. The van der Waals surface area contributed by atoms with Gasteiger partial charge in [-0.1, -0.05) is 49.0 Å². The van der Waals surface area contributed by atoms with Gasteiger partial charge < -0.3 is 9.47 Å². The molecule has 1 aromatic carbocycles. The fourth-order valence-electron chi connectivity index (χ4n) is 3.28. The van der Waals surface area contributed by atoms with Crippen LogP contribution in [-0.4, -0.2) is 47.0 Å². The van der Waals surface area contributed by atoms with E-state index in [0.717, 1.165) is 11.3 Å². The van der Waals surface area contributed by atoms with Crippen molar-refractivity contribution in [1.29, 1.82) is 0 Å². The zero-order valence-corrected chi connectivity index (χ0v) is 17.3. The maximum Gasteiger partial charge on any atom is 0.338 e. The summed E-state index contributed by atoms with van der Waals surface area (Å²) in [5.41, 5.74) is 1.83. The third kappa shape index (κ3) is 3.71. The van der Waals surface area contributed by atoms with Crippen LogP contribution < -0.4 is 4.74 Å². The lowest BCUT2D eigenvalue weighted by atomic mass is 10.00. The Balaban J connectivity index is 2.04. The fraction of sp³-hybridized carbons (Fsp3) is 0.381. The first-order valence-electron chi connectivity index (χ1n) is 9.29. The molecule has 0 radical (unpaired) electrons. The second-order valence-electron chi connectivity index (χ2n) is 6.38. The van der Waals surface area contributed by atoms with Crippen LogP contribution in [0.3, 0.4) is 0 Å². The van der Waals surface area contributed by atoms with Gasteiger partial charge in [-0.05, 0) is 26.3 Å². The standard InChI is InChI=1S/C21H24N2O4S/c1-5-17-19(24)23-15(12-11-14-9-7-8-10-16(14)26-4)18(20(25)27-6-2)13(3)22-21(23)28-17/h7-12,15,17H,5-6H2,1-4H3/b12-11+. The molecule has 2 heterocycles. The molecule has 28 heavy (non-hydrogen) atoms. The predicted molar refractivity (Wildman–Crippen MR) is 111 cm³/mol. The number of methoxy groups -OCH3 is 1. The minimum absolute atomic E-state index is 0.0322. The zero-order chi connectivity index (χ0) is 20.3. The summed E-state index contributed by atoms with van der Waals surface area (Å²) in [7, 11) is 1.61. The van der Waals surface area contributed by atoms with Gasteiger partial charge in [-0.25, -0.2) is 9.79 Å². The van der Waals surface area contributed by atoms with Crippen LogP contribution in [0.5, 0.6) is 5.75 Å². The van der Waals surface area contributed by atoms with E-state index in [0.29, 0.717) is 22.9 Å². The van der Waals surface area contributed by atoms with Gasteiger partial charge >= 0.3 is 5.97 Å². The Hall–Kier alpha value is -2.54. The molecule has 0 N–H and O–H groups in total. The van der Waals surface area contributed by atoms with Gasteiger partial charge in [-0.2, -0.15) is 0 Å². The molecule has 3 rings (SSSR count). The number of amides is 1. The third-order valence-electron chi connectivity index (χ3n) is 4.66. The molecule has 2 aliphatic heterocycles. The number of ether oxygens (including phenoxy) is 2. The van der Waals surface area contributed by atoms with E-state index in [1.54, 1.807) is 25.9 Å². The van der Waals surface area contributed by atoms with E-state index in [2.05, 4.69) is 4.99 Å². The van der Waals surface area contributed by atoms with Crippen molar-refractivity contribution in [3.05, 3.63) is 47.2 Å². The second-order valence-corrected chi connectivity index (χ2v) is 7.55. The molecule has 1 amide bonds. The number of amidine groups is 1. The fourth-order valence-corrected chi connectivity index (χ4v) is 4.43. The maximum absolute atomic E-state index is 12.9. The maximum atomic E-state index is 12.9. The number of nitrogens with zero attached hydrogens (tertiary/aromatic N) is 2. The summed E-state index contributed by atoms with van der Waals surface area (Å²) in [5.74, 6) is 0.237. The molecule has 2 aliphatic rings. The summed E-state index contributed by atoms with van der Waals surface area (Å²) < 4.78 is 10.6. The lowest BCUT2D eigenvalue weighted by molar-refractivity contribution is -0.139. The number of esters is 1. The molecular formula is C21H24N2O4S. The van der Waals surface area contributed by atoms with Gasteiger partial charge in [-0.15, -0.1) is 0 Å². The summed E-state index contributed by atoms with van der Waals surface area (Å²) in [6.07, 6.45) is 4.42. The minimum Gasteiger partial charge on any atom is -0.496 e. The number of thioether (sulfide) groups is 1. The van der Waals surface area contributed by atoms with E-state index in [4.69, 9.17) is 9.47 Å². The molecule has 1 fully saturated rings. The molecule has 0 aliphatic carbocycles. The Kier molecular flexibility index (Phi) is 6.24. The number of hydrogen-bond acceptors (Lipinski definition) is 6. The highest BCUT2D eigenvalue weighted by atomic mass is 32.2. The van der Waals surface area contributed by atoms with E-state index >= 15 is 0 Å². The quantitative estimate of drug-likeness (QED) is 0.682. The van der Waals surface area contributed by atoms with Crippen molar-refractivity contribution in [1.82, 2.24) is 4.90 Å². The van der Waals surface area contributed by atoms with Crippen molar-refractivity contribution in [3.8, 4) is 5.75 Å². The molecule has 7 heteroatoms. The highest BCUT2D eigenvalue weighted by Crippen LogP contribution is 2.38. The van der Waals surface area contributed by atoms with Crippen LogP contribution in [0.4, 0.5) is 0 Å². The zero-order valence-electron chi connectivity index (χ0n) is 16.5. The number of rotatable bonds is 6. The van der Waals surface area contributed by atoms with Crippen molar-refractivity contribution >= 4 is 34.9 Å². The number of aliphatic imine (C=N–C) groups is 1. The number of hydrogen-bond donors (Lipinski definition) is 0. The first-order valence-corrected chi connectivity index (χ1v) is 10.2. The topological polar surface area (TPSA) is 68.2 Å². The van der Waals surface area contributed by atoms with Crippen LogP contribution in [0.25, 0.3) is 6.08 Å². The summed E-state index contributed by atoms with van der Waals surface area (Å²) in [5, 5.41) is 0.451. The van der Waals surface area contributed by atoms with Crippen LogP contribution in [0.15, 0.2) is 46.6 Å². The highest BCUT2D eigenvalue weighted by Gasteiger charge is 2.45. The predicted octanol–water partition coefficient (Wildman–Crippen LogP) is 3.64. The van der Waals surface area contributed by atoms with Crippen molar-refractivity contribution in [2.45, 2.75) is 38.5 Å². The van der Waals surface area contributed by atoms with Crippen LogP contribution in [0.1, 0.15) is 32.8 Å². The van der Waals surface area contributed by atoms with Crippen LogP contribution in [-0.2, 0) is 14.3 Å². The largest absolute Gasteiger partial charge is 0.496 e. The summed E-state index contributed by atoms with van der Waals surface area (Å²) in [6, 6.07) is 7.02. The van der Waals surface area contributed by atoms with Crippen LogP contribution >= 0.6 is 11.8 Å². The van der Waals surface area contributed by atoms with Gasteiger partial charge in [0.15, 0.2) is 5.17 Å². The molecule has 148 valence electrons. The van der Waals surface area contributed by atoms with E-state index in [1.165, 1.54) is 11.8 Å². The van der Waals surface area contributed by atoms with Gasteiger partial charge in [0, 0.05) is 5.56 Å². The Bertz CT molecular complexity index is 875. The first kappa shape index (κ1) is 20.2. The second kappa shape index (κ2) is 8.65. The van der Waals surface area contributed by atoms with Gasteiger partial charge in [0.2, 0.25) is 5.91 Å². The SMILES string of the molecule is CCOC(=O)C1=C(C)N=C2SC(CC)C(=O)N2C1/C=C/c1ccccc1OC. The molecule has 1 aromatic rings. The first-order chi connectivity index (χ1) is 13.5. The Morgan fingerprint density at radius 3 is 2.75 bits per heavy atom. The van der Waals surface area contributed by atoms with Gasteiger partial charge in [-0.3, -0.25) is 9.69 Å². The molecule has 0 bridgehead atoms. The van der Waals surface area contributed by atoms with Gasteiger partial charge in [0.05, 0.1) is 36.3 Å². The highest BCUT2D eigenvalue weighted by molar-refractivity contribution is 8.15.